The lowest BCUT2D eigenvalue weighted by molar-refractivity contribution is 0.301. The van der Waals surface area contributed by atoms with Crippen molar-refractivity contribution in [1.29, 1.82) is 0 Å². The fraction of sp³-hybridized carbons (Fsp3) is 0.357. The Morgan fingerprint density at radius 1 is 1.39 bits per heavy atom. The molecule has 3 nitrogen and oxygen atoms in total. The molecule has 0 aliphatic carbocycles. The maximum absolute atomic E-state index is 5.74. The minimum absolute atomic E-state index is 0.537. The van der Waals surface area contributed by atoms with E-state index in [0.29, 0.717) is 6.61 Å². The summed E-state index contributed by atoms with van der Waals surface area (Å²) in [5.41, 5.74) is 2.23. The number of rotatable bonds is 6. The Bertz CT molecular complexity index is 496. The van der Waals surface area contributed by atoms with E-state index in [4.69, 9.17) is 4.74 Å². The molecule has 0 unspecified atom stereocenters. The van der Waals surface area contributed by atoms with Crippen LogP contribution < -0.4 is 10.1 Å². The molecule has 0 amide bonds. The predicted octanol–water partition coefficient (Wildman–Crippen LogP) is 3.14. The molecule has 0 saturated heterocycles. The van der Waals surface area contributed by atoms with Gasteiger partial charge in [0.15, 0.2) is 0 Å². The first-order chi connectivity index (χ1) is 8.78. The molecule has 2 aromatic rings. The van der Waals surface area contributed by atoms with Gasteiger partial charge in [-0.2, -0.15) is 0 Å². The van der Waals surface area contributed by atoms with Gasteiger partial charge in [0.2, 0.25) is 0 Å². The van der Waals surface area contributed by atoms with Gasteiger partial charge < -0.3 is 10.1 Å². The van der Waals surface area contributed by atoms with E-state index < -0.39 is 0 Å². The van der Waals surface area contributed by atoms with Gasteiger partial charge in [-0.05, 0) is 31.2 Å². The minimum atomic E-state index is 0.537. The summed E-state index contributed by atoms with van der Waals surface area (Å²) in [6.45, 7) is 6.50. The Labute approximate surface area is 112 Å². The SMILES string of the molecule is CCNCc1cccc(OCc2csc(C)n2)c1. The number of nitrogens with one attached hydrogen (secondary N) is 1. The summed E-state index contributed by atoms with van der Waals surface area (Å²) in [6, 6.07) is 8.17. The normalized spacial score (nSPS) is 10.6. The molecule has 0 atom stereocenters. The first kappa shape index (κ1) is 13.1. The van der Waals surface area contributed by atoms with E-state index >= 15 is 0 Å². The lowest BCUT2D eigenvalue weighted by Crippen LogP contribution is -2.11. The van der Waals surface area contributed by atoms with Crippen LogP contribution in [0.1, 0.15) is 23.2 Å². The fourth-order valence-electron chi connectivity index (χ4n) is 1.65. The van der Waals surface area contributed by atoms with Crippen molar-refractivity contribution in [3.05, 3.63) is 45.9 Å². The van der Waals surface area contributed by atoms with Crippen LogP contribution in [0.15, 0.2) is 29.6 Å². The van der Waals surface area contributed by atoms with Crippen molar-refractivity contribution >= 4 is 11.3 Å². The lowest BCUT2D eigenvalue weighted by Gasteiger charge is -2.07. The van der Waals surface area contributed by atoms with Crippen molar-refractivity contribution in [3.63, 3.8) is 0 Å². The highest BCUT2D eigenvalue weighted by molar-refractivity contribution is 7.09. The lowest BCUT2D eigenvalue weighted by atomic mass is 10.2. The van der Waals surface area contributed by atoms with Gasteiger partial charge in [-0.1, -0.05) is 19.1 Å². The zero-order valence-electron chi connectivity index (χ0n) is 10.8. The van der Waals surface area contributed by atoms with Crippen molar-refractivity contribution in [2.24, 2.45) is 0 Å². The molecule has 0 spiro atoms. The van der Waals surface area contributed by atoms with Crippen LogP contribution in [0.25, 0.3) is 0 Å². The number of ether oxygens (including phenoxy) is 1. The van der Waals surface area contributed by atoms with E-state index in [-0.39, 0.29) is 0 Å². The molecule has 4 heteroatoms. The van der Waals surface area contributed by atoms with E-state index in [1.807, 2.05) is 24.4 Å². The van der Waals surface area contributed by atoms with Crippen molar-refractivity contribution in [2.75, 3.05) is 6.54 Å². The third-order valence-electron chi connectivity index (χ3n) is 2.53. The fourth-order valence-corrected chi connectivity index (χ4v) is 2.24. The Morgan fingerprint density at radius 3 is 3.00 bits per heavy atom. The van der Waals surface area contributed by atoms with Crippen molar-refractivity contribution < 1.29 is 4.74 Å². The average molecular weight is 262 g/mol. The maximum Gasteiger partial charge on any atom is 0.131 e. The van der Waals surface area contributed by atoms with Gasteiger partial charge in [0.1, 0.15) is 12.4 Å². The van der Waals surface area contributed by atoms with Crippen LogP contribution in [0.3, 0.4) is 0 Å². The Balaban J connectivity index is 1.92. The van der Waals surface area contributed by atoms with Gasteiger partial charge in [-0.15, -0.1) is 11.3 Å². The molecule has 18 heavy (non-hydrogen) atoms. The van der Waals surface area contributed by atoms with Crippen LogP contribution in [0, 0.1) is 6.92 Å². The first-order valence-corrected chi connectivity index (χ1v) is 6.99. The van der Waals surface area contributed by atoms with Crippen LogP contribution >= 0.6 is 11.3 Å². The molecule has 0 radical (unpaired) electrons. The van der Waals surface area contributed by atoms with Crippen LogP contribution in [0.2, 0.25) is 0 Å². The molecule has 1 heterocycles. The summed E-state index contributed by atoms with van der Waals surface area (Å²) in [5, 5.41) is 6.42. The summed E-state index contributed by atoms with van der Waals surface area (Å²) >= 11 is 1.65. The molecule has 0 saturated carbocycles. The molecule has 1 N–H and O–H groups in total. The molecule has 0 bridgehead atoms. The number of hydrogen-bond acceptors (Lipinski definition) is 4. The molecular weight excluding hydrogens is 244 g/mol. The Morgan fingerprint density at radius 2 is 2.28 bits per heavy atom. The smallest absolute Gasteiger partial charge is 0.131 e. The average Bonchev–Trinajstić information content (AvgIpc) is 2.80. The van der Waals surface area contributed by atoms with Gasteiger partial charge in [-0.3, -0.25) is 0 Å². The number of nitrogens with zero attached hydrogens (tertiary/aromatic N) is 1. The van der Waals surface area contributed by atoms with E-state index in [1.165, 1.54) is 5.56 Å². The Kier molecular flexibility index (Phi) is 4.73. The predicted molar refractivity (Wildman–Crippen MR) is 75.0 cm³/mol. The number of hydrogen-bond donors (Lipinski definition) is 1. The number of aryl methyl sites for hydroxylation is 1. The Hall–Kier alpha value is -1.39. The van der Waals surface area contributed by atoms with Gasteiger partial charge in [0.05, 0.1) is 10.7 Å². The highest BCUT2D eigenvalue weighted by Crippen LogP contribution is 2.16. The minimum Gasteiger partial charge on any atom is -0.487 e. The summed E-state index contributed by atoms with van der Waals surface area (Å²) in [5.74, 6) is 0.899. The van der Waals surface area contributed by atoms with Crippen molar-refractivity contribution in [2.45, 2.75) is 27.0 Å². The maximum atomic E-state index is 5.74. The van der Waals surface area contributed by atoms with E-state index in [2.05, 4.69) is 29.4 Å². The monoisotopic (exact) mass is 262 g/mol. The highest BCUT2D eigenvalue weighted by Gasteiger charge is 2.01. The molecule has 2 rings (SSSR count). The summed E-state index contributed by atoms with van der Waals surface area (Å²) < 4.78 is 5.74. The van der Waals surface area contributed by atoms with Crippen molar-refractivity contribution in [3.8, 4) is 5.75 Å². The van der Waals surface area contributed by atoms with Gasteiger partial charge >= 0.3 is 0 Å². The molecule has 1 aromatic carbocycles. The van der Waals surface area contributed by atoms with Gasteiger partial charge in [-0.25, -0.2) is 4.98 Å². The van der Waals surface area contributed by atoms with Crippen LogP contribution in [-0.2, 0) is 13.2 Å². The van der Waals surface area contributed by atoms with Crippen LogP contribution in [-0.4, -0.2) is 11.5 Å². The quantitative estimate of drug-likeness (QED) is 0.868. The molecule has 0 fully saturated rings. The second-order valence-corrected chi connectivity index (χ2v) is 5.14. The van der Waals surface area contributed by atoms with Crippen molar-refractivity contribution in [1.82, 2.24) is 10.3 Å². The molecular formula is C14H18N2OS. The molecule has 1 aromatic heterocycles. The second kappa shape index (κ2) is 6.52. The van der Waals surface area contributed by atoms with Crippen LogP contribution in [0.4, 0.5) is 0 Å². The third-order valence-corrected chi connectivity index (χ3v) is 3.35. The first-order valence-electron chi connectivity index (χ1n) is 6.11. The number of aromatic nitrogens is 1. The standard InChI is InChI=1S/C14H18N2OS/c1-3-15-8-12-5-4-6-14(7-12)17-9-13-10-18-11(2)16-13/h4-7,10,15H,3,8-9H2,1-2H3. The largest absolute Gasteiger partial charge is 0.487 e. The molecule has 0 aliphatic heterocycles. The molecule has 96 valence electrons. The van der Waals surface area contributed by atoms with E-state index in [9.17, 15) is 0 Å². The summed E-state index contributed by atoms with van der Waals surface area (Å²) in [6.07, 6.45) is 0. The van der Waals surface area contributed by atoms with E-state index in [1.54, 1.807) is 11.3 Å². The number of thiazole rings is 1. The summed E-state index contributed by atoms with van der Waals surface area (Å²) in [7, 11) is 0. The number of benzene rings is 1. The van der Waals surface area contributed by atoms with Gasteiger partial charge in [0.25, 0.3) is 0 Å². The zero-order chi connectivity index (χ0) is 12.8. The second-order valence-electron chi connectivity index (χ2n) is 4.07. The highest BCUT2D eigenvalue weighted by atomic mass is 32.1. The topological polar surface area (TPSA) is 34.1 Å². The zero-order valence-corrected chi connectivity index (χ0v) is 11.6. The third kappa shape index (κ3) is 3.82. The van der Waals surface area contributed by atoms with Gasteiger partial charge in [0, 0.05) is 11.9 Å². The van der Waals surface area contributed by atoms with E-state index in [0.717, 1.165) is 29.5 Å². The molecule has 0 aliphatic rings. The summed E-state index contributed by atoms with van der Waals surface area (Å²) in [4.78, 5) is 4.38. The van der Waals surface area contributed by atoms with Crippen LogP contribution in [0.5, 0.6) is 5.75 Å².